The first kappa shape index (κ1) is 11.3. The summed E-state index contributed by atoms with van der Waals surface area (Å²) in [6, 6.07) is -0.882. The number of hydrogen-bond acceptors (Lipinski definition) is 2. The summed E-state index contributed by atoms with van der Waals surface area (Å²) < 4.78 is 35.6. The highest BCUT2D eigenvalue weighted by atomic mass is 19.4. The maximum atomic E-state index is 11.9. The average molecular weight is 210 g/mol. The third kappa shape index (κ3) is 2.87. The number of alkyl halides is 3. The molecule has 0 spiro atoms. The smallest absolute Gasteiger partial charge is 0.344 e. The lowest BCUT2D eigenvalue weighted by Crippen LogP contribution is -2.52. The van der Waals surface area contributed by atoms with Crippen molar-refractivity contribution in [1.82, 2.24) is 5.32 Å². The first-order valence-corrected chi connectivity index (χ1v) is 4.54. The molecule has 3 nitrogen and oxygen atoms in total. The summed E-state index contributed by atoms with van der Waals surface area (Å²) in [6.45, 7) is 0. The SMILES string of the molecule is NC1CCCC[C@H]1NC(=O)C(F)(F)F. The van der Waals surface area contributed by atoms with Crippen LogP contribution in [0.5, 0.6) is 0 Å². The van der Waals surface area contributed by atoms with Crippen LogP contribution in [-0.4, -0.2) is 24.2 Å². The monoisotopic (exact) mass is 210 g/mol. The molecule has 0 bridgehead atoms. The number of carbonyl (C=O) groups excluding carboxylic acids is 1. The van der Waals surface area contributed by atoms with E-state index in [9.17, 15) is 18.0 Å². The van der Waals surface area contributed by atoms with Crippen molar-refractivity contribution in [3.05, 3.63) is 0 Å². The average Bonchev–Trinajstić information content (AvgIpc) is 2.07. The Bertz CT molecular complexity index is 217. The van der Waals surface area contributed by atoms with Gasteiger partial charge in [0.25, 0.3) is 0 Å². The van der Waals surface area contributed by atoms with Crippen LogP contribution in [0.25, 0.3) is 0 Å². The summed E-state index contributed by atoms with van der Waals surface area (Å²) in [4.78, 5) is 10.6. The molecule has 0 aromatic carbocycles. The zero-order valence-electron chi connectivity index (χ0n) is 7.60. The third-order valence-corrected chi connectivity index (χ3v) is 2.39. The lowest BCUT2D eigenvalue weighted by molar-refractivity contribution is -0.174. The van der Waals surface area contributed by atoms with Crippen molar-refractivity contribution in [1.29, 1.82) is 0 Å². The van der Waals surface area contributed by atoms with Gasteiger partial charge in [0.1, 0.15) is 0 Å². The minimum absolute atomic E-state index is 0.352. The van der Waals surface area contributed by atoms with E-state index in [1.54, 1.807) is 0 Å². The summed E-state index contributed by atoms with van der Waals surface area (Å²) >= 11 is 0. The largest absolute Gasteiger partial charge is 0.471 e. The molecule has 0 saturated heterocycles. The molecule has 1 amide bonds. The molecule has 1 fully saturated rings. The van der Waals surface area contributed by atoms with Gasteiger partial charge >= 0.3 is 12.1 Å². The van der Waals surface area contributed by atoms with Crippen molar-refractivity contribution in [2.24, 2.45) is 5.73 Å². The zero-order chi connectivity index (χ0) is 10.8. The summed E-state index contributed by atoms with van der Waals surface area (Å²) in [7, 11) is 0. The Morgan fingerprint density at radius 2 is 1.86 bits per heavy atom. The van der Waals surface area contributed by atoms with Gasteiger partial charge < -0.3 is 11.1 Å². The molecule has 1 rings (SSSR count). The zero-order valence-corrected chi connectivity index (χ0v) is 7.60. The second-order valence-electron chi connectivity index (χ2n) is 3.53. The number of halogens is 3. The third-order valence-electron chi connectivity index (χ3n) is 2.39. The highest BCUT2D eigenvalue weighted by Crippen LogP contribution is 2.20. The Kier molecular flexibility index (Phi) is 3.36. The first-order valence-electron chi connectivity index (χ1n) is 4.54. The fourth-order valence-electron chi connectivity index (χ4n) is 1.59. The molecule has 82 valence electrons. The normalized spacial score (nSPS) is 28.6. The molecular weight excluding hydrogens is 197 g/mol. The molecule has 0 aromatic heterocycles. The molecule has 0 heterocycles. The predicted octanol–water partition coefficient (Wildman–Crippen LogP) is 0.935. The quantitative estimate of drug-likeness (QED) is 0.676. The van der Waals surface area contributed by atoms with Gasteiger partial charge in [-0.05, 0) is 12.8 Å². The van der Waals surface area contributed by atoms with Crippen LogP contribution in [0.2, 0.25) is 0 Å². The van der Waals surface area contributed by atoms with Gasteiger partial charge in [0.15, 0.2) is 0 Å². The maximum Gasteiger partial charge on any atom is 0.471 e. The molecular formula is C8H13F3N2O. The molecule has 1 saturated carbocycles. The lowest BCUT2D eigenvalue weighted by Gasteiger charge is -2.29. The lowest BCUT2D eigenvalue weighted by atomic mass is 9.91. The van der Waals surface area contributed by atoms with Crippen LogP contribution in [0.3, 0.4) is 0 Å². The fourth-order valence-corrected chi connectivity index (χ4v) is 1.59. The Labute approximate surface area is 79.8 Å². The van der Waals surface area contributed by atoms with Gasteiger partial charge in [0, 0.05) is 12.1 Å². The molecule has 1 unspecified atom stereocenters. The van der Waals surface area contributed by atoms with Gasteiger partial charge in [-0.25, -0.2) is 0 Å². The molecule has 2 atom stereocenters. The van der Waals surface area contributed by atoms with E-state index in [0.29, 0.717) is 12.8 Å². The summed E-state index contributed by atoms with van der Waals surface area (Å²) in [5, 5.41) is 1.92. The van der Waals surface area contributed by atoms with E-state index >= 15 is 0 Å². The van der Waals surface area contributed by atoms with Crippen molar-refractivity contribution in [3.63, 3.8) is 0 Å². The first-order chi connectivity index (χ1) is 6.41. The molecule has 1 aliphatic rings. The van der Waals surface area contributed by atoms with Crippen molar-refractivity contribution in [2.75, 3.05) is 0 Å². The molecule has 0 radical (unpaired) electrons. The number of rotatable bonds is 1. The Balaban J connectivity index is 2.46. The maximum absolute atomic E-state index is 11.9. The number of hydrogen-bond donors (Lipinski definition) is 2. The van der Waals surface area contributed by atoms with Crippen LogP contribution in [0.15, 0.2) is 0 Å². The van der Waals surface area contributed by atoms with Crippen LogP contribution in [-0.2, 0) is 4.79 Å². The van der Waals surface area contributed by atoms with E-state index in [2.05, 4.69) is 0 Å². The summed E-state index contributed by atoms with van der Waals surface area (Å²) in [5.74, 6) is -1.89. The number of amides is 1. The Morgan fingerprint density at radius 1 is 1.29 bits per heavy atom. The Morgan fingerprint density at radius 3 is 2.36 bits per heavy atom. The highest BCUT2D eigenvalue weighted by Gasteiger charge is 2.40. The van der Waals surface area contributed by atoms with Gasteiger partial charge in [0.2, 0.25) is 0 Å². The van der Waals surface area contributed by atoms with E-state index in [4.69, 9.17) is 5.73 Å². The predicted molar refractivity (Wildman–Crippen MR) is 44.4 cm³/mol. The second kappa shape index (κ2) is 4.16. The minimum atomic E-state index is -4.81. The van der Waals surface area contributed by atoms with Crippen molar-refractivity contribution >= 4 is 5.91 Å². The Hall–Kier alpha value is -0.780. The van der Waals surface area contributed by atoms with Gasteiger partial charge in [0.05, 0.1) is 0 Å². The van der Waals surface area contributed by atoms with Crippen LogP contribution < -0.4 is 11.1 Å². The molecule has 0 aliphatic heterocycles. The van der Waals surface area contributed by atoms with Crippen LogP contribution in [0.1, 0.15) is 25.7 Å². The highest BCUT2D eigenvalue weighted by molar-refractivity contribution is 5.82. The van der Waals surface area contributed by atoms with Crippen LogP contribution in [0.4, 0.5) is 13.2 Å². The van der Waals surface area contributed by atoms with Crippen molar-refractivity contribution in [3.8, 4) is 0 Å². The van der Waals surface area contributed by atoms with Crippen molar-refractivity contribution < 1.29 is 18.0 Å². The second-order valence-corrected chi connectivity index (χ2v) is 3.53. The standard InChI is InChI=1S/C8H13F3N2O/c9-8(10,11)7(14)13-6-4-2-1-3-5(6)12/h5-6H,1-4,12H2,(H,13,14)/t5?,6-/m1/s1. The van der Waals surface area contributed by atoms with Gasteiger partial charge in [-0.2, -0.15) is 13.2 Å². The number of carbonyl (C=O) groups is 1. The number of nitrogens with two attached hydrogens (primary N) is 1. The summed E-state index contributed by atoms with van der Waals surface area (Å²) in [5.41, 5.74) is 5.59. The van der Waals surface area contributed by atoms with E-state index in [1.165, 1.54) is 0 Å². The molecule has 6 heteroatoms. The van der Waals surface area contributed by atoms with E-state index < -0.39 is 18.1 Å². The fraction of sp³-hybridized carbons (Fsp3) is 0.875. The van der Waals surface area contributed by atoms with Gasteiger partial charge in [-0.1, -0.05) is 12.8 Å². The van der Waals surface area contributed by atoms with Crippen LogP contribution in [0, 0.1) is 0 Å². The van der Waals surface area contributed by atoms with E-state index in [-0.39, 0.29) is 6.04 Å². The number of nitrogens with one attached hydrogen (secondary N) is 1. The van der Waals surface area contributed by atoms with E-state index in [0.717, 1.165) is 12.8 Å². The van der Waals surface area contributed by atoms with Crippen LogP contribution >= 0.6 is 0 Å². The molecule has 3 N–H and O–H groups in total. The molecule has 0 aromatic rings. The summed E-state index contributed by atoms with van der Waals surface area (Å²) in [6.07, 6.45) is -1.88. The molecule has 1 aliphatic carbocycles. The van der Waals surface area contributed by atoms with Crippen molar-refractivity contribution in [2.45, 2.75) is 43.9 Å². The van der Waals surface area contributed by atoms with Gasteiger partial charge in [-0.3, -0.25) is 4.79 Å². The molecule has 14 heavy (non-hydrogen) atoms. The van der Waals surface area contributed by atoms with E-state index in [1.807, 2.05) is 5.32 Å². The minimum Gasteiger partial charge on any atom is -0.344 e. The van der Waals surface area contributed by atoms with Gasteiger partial charge in [-0.15, -0.1) is 0 Å². The topological polar surface area (TPSA) is 55.1 Å².